The lowest BCUT2D eigenvalue weighted by molar-refractivity contribution is 0.0760. The van der Waals surface area contributed by atoms with Gasteiger partial charge in [0.15, 0.2) is 5.78 Å². The van der Waals surface area contributed by atoms with Crippen LogP contribution in [0.1, 0.15) is 57.8 Å². The van der Waals surface area contributed by atoms with E-state index in [-0.39, 0.29) is 5.78 Å². The molecule has 0 atom stereocenters. The second-order valence-electron chi connectivity index (χ2n) is 6.55. The Bertz CT molecular complexity index is 686. The number of nitrogens with zero attached hydrogens (tertiary/aromatic N) is 3. The second-order valence-corrected chi connectivity index (χ2v) is 6.55. The minimum Gasteiger partial charge on any atom is -0.470 e. The fraction of sp³-hybridized carbons (Fsp3) is 0.588. The van der Waals surface area contributed by atoms with E-state index in [1.165, 1.54) is 13.3 Å². The van der Waals surface area contributed by atoms with Gasteiger partial charge < -0.3 is 14.0 Å². The SMILES string of the molecule is CCCCOCn1cc(C(C)=O)c2ncnc(OC(C)(C)C)c21. The van der Waals surface area contributed by atoms with E-state index in [4.69, 9.17) is 9.47 Å². The summed E-state index contributed by atoms with van der Waals surface area (Å²) in [5, 5.41) is 0. The van der Waals surface area contributed by atoms with Crippen molar-refractivity contribution in [3.05, 3.63) is 18.1 Å². The van der Waals surface area contributed by atoms with E-state index in [1.807, 2.05) is 25.3 Å². The Balaban J connectivity index is 2.44. The van der Waals surface area contributed by atoms with Crippen molar-refractivity contribution in [1.82, 2.24) is 14.5 Å². The number of hydrogen-bond donors (Lipinski definition) is 0. The van der Waals surface area contributed by atoms with Crippen LogP contribution in [-0.2, 0) is 11.5 Å². The van der Waals surface area contributed by atoms with Gasteiger partial charge in [-0.05, 0) is 34.1 Å². The summed E-state index contributed by atoms with van der Waals surface area (Å²) >= 11 is 0. The van der Waals surface area contributed by atoms with Crippen LogP contribution in [0.25, 0.3) is 11.0 Å². The first kappa shape index (κ1) is 17.4. The van der Waals surface area contributed by atoms with E-state index in [0.29, 0.717) is 35.8 Å². The van der Waals surface area contributed by atoms with Gasteiger partial charge in [-0.3, -0.25) is 4.79 Å². The number of ketones is 1. The normalized spacial score (nSPS) is 11.9. The third-order valence-electron chi connectivity index (χ3n) is 3.27. The summed E-state index contributed by atoms with van der Waals surface area (Å²) in [6, 6.07) is 0. The molecule has 23 heavy (non-hydrogen) atoms. The Hall–Kier alpha value is -1.95. The molecular formula is C17H25N3O3. The maximum atomic E-state index is 11.9. The van der Waals surface area contributed by atoms with Crippen molar-refractivity contribution in [2.75, 3.05) is 6.61 Å². The lowest BCUT2D eigenvalue weighted by atomic mass is 10.2. The van der Waals surface area contributed by atoms with Crippen molar-refractivity contribution in [2.45, 2.75) is 59.8 Å². The molecule has 0 aliphatic heterocycles. The molecule has 2 aromatic heterocycles. The first-order valence-corrected chi connectivity index (χ1v) is 7.95. The average Bonchev–Trinajstić information content (AvgIpc) is 2.82. The molecule has 0 aromatic carbocycles. The Morgan fingerprint density at radius 3 is 2.65 bits per heavy atom. The summed E-state index contributed by atoms with van der Waals surface area (Å²) < 4.78 is 13.5. The van der Waals surface area contributed by atoms with E-state index in [9.17, 15) is 4.79 Å². The highest BCUT2D eigenvalue weighted by atomic mass is 16.5. The molecule has 0 saturated carbocycles. The van der Waals surface area contributed by atoms with Crippen LogP contribution >= 0.6 is 0 Å². The van der Waals surface area contributed by atoms with Crippen molar-refractivity contribution in [3.63, 3.8) is 0 Å². The van der Waals surface area contributed by atoms with Gasteiger partial charge in [0.25, 0.3) is 0 Å². The smallest absolute Gasteiger partial charge is 0.242 e. The lowest BCUT2D eigenvalue weighted by Gasteiger charge is -2.21. The van der Waals surface area contributed by atoms with E-state index in [0.717, 1.165) is 12.8 Å². The molecule has 6 nitrogen and oxygen atoms in total. The zero-order valence-corrected chi connectivity index (χ0v) is 14.5. The van der Waals surface area contributed by atoms with Crippen LogP contribution in [-0.4, -0.2) is 32.5 Å². The fourth-order valence-electron chi connectivity index (χ4n) is 2.23. The van der Waals surface area contributed by atoms with Crippen LogP contribution in [0.5, 0.6) is 5.88 Å². The molecule has 2 aromatic rings. The first-order chi connectivity index (χ1) is 10.8. The van der Waals surface area contributed by atoms with Crippen LogP contribution in [0.15, 0.2) is 12.5 Å². The molecule has 0 saturated heterocycles. The Kier molecular flexibility index (Phi) is 5.36. The van der Waals surface area contributed by atoms with Crippen molar-refractivity contribution in [3.8, 4) is 5.88 Å². The van der Waals surface area contributed by atoms with Gasteiger partial charge in [0, 0.05) is 12.8 Å². The zero-order valence-electron chi connectivity index (χ0n) is 14.5. The van der Waals surface area contributed by atoms with E-state index < -0.39 is 5.60 Å². The summed E-state index contributed by atoms with van der Waals surface area (Å²) in [7, 11) is 0. The number of carbonyl (C=O) groups excluding carboxylic acids is 1. The van der Waals surface area contributed by atoms with E-state index in [1.54, 1.807) is 6.20 Å². The number of fused-ring (bicyclic) bond motifs is 1. The maximum absolute atomic E-state index is 11.9. The molecule has 0 N–H and O–H groups in total. The van der Waals surface area contributed by atoms with Crippen LogP contribution in [0.4, 0.5) is 0 Å². The molecule has 0 aliphatic carbocycles. The Morgan fingerprint density at radius 1 is 1.30 bits per heavy atom. The van der Waals surface area contributed by atoms with Crippen LogP contribution in [0.2, 0.25) is 0 Å². The van der Waals surface area contributed by atoms with Crippen molar-refractivity contribution < 1.29 is 14.3 Å². The highest BCUT2D eigenvalue weighted by molar-refractivity contribution is 6.06. The summed E-state index contributed by atoms with van der Waals surface area (Å²) in [5.74, 6) is 0.428. The summed E-state index contributed by atoms with van der Waals surface area (Å²) in [4.78, 5) is 20.4. The van der Waals surface area contributed by atoms with Crippen LogP contribution < -0.4 is 4.74 Å². The summed E-state index contributed by atoms with van der Waals surface area (Å²) in [6.07, 6.45) is 5.27. The van der Waals surface area contributed by atoms with Gasteiger partial charge in [0.1, 0.15) is 29.7 Å². The topological polar surface area (TPSA) is 66.2 Å². The molecule has 0 spiro atoms. The van der Waals surface area contributed by atoms with Crippen molar-refractivity contribution in [2.24, 2.45) is 0 Å². The Labute approximate surface area is 136 Å². The van der Waals surface area contributed by atoms with Crippen LogP contribution in [0.3, 0.4) is 0 Å². The van der Waals surface area contributed by atoms with Gasteiger partial charge in [-0.2, -0.15) is 4.98 Å². The molecule has 0 fully saturated rings. The third-order valence-corrected chi connectivity index (χ3v) is 3.27. The predicted octanol–water partition coefficient (Wildman–Crippen LogP) is 3.59. The largest absolute Gasteiger partial charge is 0.470 e. The van der Waals surface area contributed by atoms with Crippen molar-refractivity contribution in [1.29, 1.82) is 0 Å². The fourth-order valence-corrected chi connectivity index (χ4v) is 2.23. The number of aromatic nitrogens is 3. The number of unbranched alkanes of at least 4 members (excludes halogenated alkanes) is 1. The maximum Gasteiger partial charge on any atom is 0.242 e. The molecule has 2 heterocycles. The second kappa shape index (κ2) is 7.08. The quantitative estimate of drug-likeness (QED) is 0.576. The highest BCUT2D eigenvalue weighted by Gasteiger charge is 2.21. The predicted molar refractivity (Wildman–Crippen MR) is 88.8 cm³/mol. The number of Topliss-reactive ketones (excluding diaryl/α,β-unsaturated/α-hetero) is 1. The first-order valence-electron chi connectivity index (χ1n) is 7.95. The number of hydrogen-bond acceptors (Lipinski definition) is 5. The molecule has 0 unspecified atom stereocenters. The van der Waals surface area contributed by atoms with Crippen molar-refractivity contribution >= 4 is 16.8 Å². The molecular weight excluding hydrogens is 294 g/mol. The molecule has 0 aliphatic rings. The van der Waals surface area contributed by atoms with E-state index >= 15 is 0 Å². The molecule has 2 rings (SSSR count). The summed E-state index contributed by atoms with van der Waals surface area (Å²) in [5.41, 5.74) is 1.46. The minimum atomic E-state index is -0.393. The number of rotatable bonds is 7. The van der Waals surface area contributed by atoms with Gasteiger partial charge >= 0.3 is 0 Å². The number of ether oxygens (including phenoxy) is 2. The van der Waals surface area contributed by atoms with E-state index in [2.05, 4.69) is 16.9 Å². The zero-order chi connectivity index (χ0) is 17.0. The third kappa shape index (κ3) is 4.28. The molecule has 6 heteroatoms. The van der Waals surface area contributed by atoms with Gasteiger partial charge in [-0.1, -0.05) is 13.3 Å². The number of carbonyl (C=O) groups is 1. The lowest BCUT2D eigenvalue weighted by Crippen LogP contribution is -2.24. The molecule has 126 valence electrons. The van der Waals surface area contributed by atoms with Gasteiger partial charge in [-0.25, -0.2) is 4.98 Å². The van der Waals surface area contributed by atoms with Gasteiger partial charge in [0.05, 0.1) is 5.56 Å². The molecule has 0 radical (unpaired) electrons. The molecule has 0 bridgehead atoms. The standard InChI is InChI=1S/C17H25N3O3/c1-6-7-8-22-11-20-9-13(12(2)21)14-15(20)16(19-10-18-14)23-17(3,4)5/h9-10H,6-8,11H2,1-5H3. The average molecular weight is 319 g/mol. The van der Waals surface area contributed by atoms with Gasteiger partial charge in [0.2, 0.25) is 5.88 Å². The van der Waals surface area contributed by atoms with Crippen LogP contribution in [0, 0.1) is 0 Å². The highest BCUT2D eigenvalue weighted by Crippen LogP contribution is 2.29. The Morgan fingerprint density at radius 2 is 2.04 bits per heavy atom. The van der Waals surface area contributed by atoms with Gasteiger partial charge in [-0.15, -0.1) is 0 Å². The minimum absolute atomic E-state index is 0.0392. The monoisotopic (exact) mass is 319 g/mol. The summed E-state index contributed by atoms with van der Waals surface area (Å²) in [6.45, 7) is 10.5. The molecule has 0 amide bonds.